The molecule has 0 aliphatic carbocycles. The molecule has 0 saturated heterocycles. The van der Waals surface area contributed by atoms with Gasteiger partial charge in [0.25, 0.3) is 0 Å². The third kappa shape index (κ3) is 4.48. The minimum atomic E-state index is -0.769. The number of carboxylic acid groups (broad SMARTS) is 1. The molecular weight excluding hydrogens is 284 g/mol. The average Bonchev–Trinajstić information content (AvgIpc) is 2.26. The second-order valence-electron chi connectivity index (χ2n) is 4.21. The minimum absolute atomic E-state index is 0.00326. The summed E-state index contributed by atoms with van der Waals surface area (Å²) >= 11 is 3.38. The van der Waals surface area contributed by atoms with Gasteiger partial charge in [0.15, 0.2) is 0 Å². The Hall–Kier alpha value is -0.870. The van der Waals surface area contributed by atoms with Crippen molar-refractivity contribution in [2.24, 2.45) is 11.8 Å². The Bertz CT molecular complexity index is 379. The number of carbonyl (C=O) groups is 1. The molecule has 94 valence electrons. The highest BCUT2D eigenvalue weighted by Gasteiger charge is 2.24. The van der Waals surface area contributed by atoms with Gasteiger partial charge in [-0.1, -0.05) is 35.0 Å². The molecule has 3 nitrogen and oxygen atoms in total. The van der Waals surface area contributed by atoms with Crippen molar-refractivity contribution in [3.63, 3.8) is 0 Å². The summed E-state index contributed by atoms with van der Waals surface area (Å²) in [5.41, 5.74) is 1.02. The number of halogens is 1. The Morgan fingerprint density at radius 1 is 1.53 bits per heavy atom. The standard InChI is InChI=1S/C13H17BrO3/c1-9(8-17-2)12(13(15)16)7-10-4-3-5-11(14)6-10/h3-6,9,12H,7-8H2,1-2H3,(H,15,16). The van der Waals surface area contributed by atoms with E-state index >= 15 is 0 Å². The fourth-order valence-electron chi connectivity index (χ4n) is 1.83. The summed E-state index contributed by atoms with van der Waals surface area (Å²) in [6, 6.07) is 7.74. The molecule has 0 radical (unpaired) electrons. The van der Waals surface area contributed by atoms with Gasteiger partial charge in [0, 0.05) is 18.2 Å². The van der Waals surface area contributed by atoms with E-state index in [4.69, 9.17) is 4.74 Å². The SMILES string of the molecule is COCC(C)C(Cc1cccc(Br)c1)C(=O)O. The van der Waals surface area contributed by atoms with Crippen LogP contribution in [-0.2, 0) is 16.0 Å². The summed E-state index contributed by atoms with van der Waals surface area (Å²) in [6.07, 6.45) is 0.527. The lowest BCUT2D eigenvalue weighted by Crippen LogP contribution is -2.26. The lowest BCUT2D eigenvalue weighted by Gasteiger charge is -2.19. The van der Waals surface area contributed by atoms with Gasteiger partial charge in [0.1, 0.15) is 0 Å². The predicted octanol–water partition coefficient (Wildman–Crippen LogP) is 2.97. The van der Waals surface area contributed by atoms with Crippen molar-refractivity contribution in [1.29, 1.82) is 0 Å². The van der Waals surface area contributed by atoms with Crippen LogP contribution in [0.4, 0.5) is 0 Å². The van der Waals surface area contributed by atoms with Crippen LogP contribution in [0.5, 0.6) is 0 Å². The highest BCUT2D eigenvalue weighted by atomic mass is 79.9. The molecule has 1 N–H and O–H groups in total. The van der Waals surface area contributed by atoms with E-state index < -0.39 is 11.9 Å². The van der Waals surface area contributed by atoms with Crippen molar-refractivity contribution in [2.75, 3.05) is 13.7 Å². The van der Waals surface area contributed by atoms with Crippen LogP contribution in [0.25, 0.3) is 0 Å². The molecule has 0 saturated carbocycles. The number of hydrogen-bond acceptors (Lipinski definition) is 2. The number of aliphatic carboxylic acids is 1. The molecule has 17 heavy (non-hydrogen) atoms. The molecule has 0 amide bonds. The predicted molar refractivity (Wildman–Crippen MR) is 70.0 cm³/mol. The molecule has 0 bridgehead atoms. The van der Waals surface area contributed by atoms with Crippen LogP contribution in [0, 0.1) is 11.8 Å². The molecule has 0 spiro atoms. The van der Waals surface area contributed by atoms with Gasteiger partial charge < -0.3 is 9.84 Å². The third-order valence-electron chi connectivity index (χ3n) is 2.78. The molecule has 1 aromatic carbocycles. The Kier molecular flexibility index (Phi) is 5.65. The summed E-state index contributed by atoms with van der Waals surface area (Å²) in [4.78, 5) is 11.2. The molecule has 4 heteroatoms. The number of rotatable bonds is 6. The number of methoxy groups -OCH3 is 1. The van der Waals surface area contributed by atoms with Gasteiger partial charge in [0.2, 0.25) is 0 Å². The van der Waals surface area contributed by atoms with E-state index in [1.165, 1.54) is 0 Å². The molecule has 0 aliphatic rings. The minimum Gasteiger partial charge on any atom is -0.481 e. The summed E-state index contributed by atoms with van der Waals surface area (Å²) in [5.74, 6) is -1.18. The summed E-state index contributed by atoms with van der Waals surface area (Å²) in [7, 11) is 1.59. The number of benzene rings is 1. The number of carboxylic acids is 1. The summed E-state index contributed by atoms with van der Waals surface area (Å²) in [5, 5.41) is 9.23. The Morgan fingerprint density at radius 3 is 2.76 bits per heavy atom. The first-order chi connectivity index (χ1) is 8.04. The second-order valence-corrected chi connectivity index (χ2v) is 5.13. The van der Waals surface area contributed by atoms with Gasteiger partial charge >= 0.3 is 5.97 Å². The Morgan fingerprint density at radius 2 is 2.24 bits per heavy atom. The van der Waals surface area contributed by atoms with E-state index in [2.05, 4.69) is 15.9 Å². The number of ether oxygens (including phenoxy) is 1. The fourth-order valence-corrected chi connectivity index (χ4v) is 2.28. The maximum Gasteiger partial charge on any atom is 0.307 e. The van der Waals surface area contributed by atoms with Crippen LogP contribution in [0.3, 0.4) is 0 Å². The topological polar surface area (TPSA) is 46.5 Å². The first-order valence-corrected chi connectivity index (χ1v) is 6.30. The van der Waals surface area contributed by atoms with Gasteiger partial charge in [-0.2, -0.15) is 0 Å². The van der Waals surface area contributed by atoms with E-state index in [1.54, 1.807) is 7.11 Å². The van der Waals surface area contributed by atoms with Crippen LogP contribution in [-0.4, -0.2) is 24.8 Å². The van der Waals surface area contributed by atoms with E-state index in [-0.39, 0.29) is 5.92 Å². The Balaban J connectivity index is 2.76. The second kappa shape index (κ2) is 6.77. The molecule has 2 unspecified atom stereocenters. The van der Waals surface area contributed by atoms with Gasteiger partial charge in [-0.05, 0) is 30.0 Å². The summed E-state index contributed by atoms with van der Waals surface area (Å²) < 4.78 is 5.99. The van der Waals surface area contributed by atoms with Crippen LogP contribution in [0.1, 0.15) is 12.5 Å². The largest absolute Gasteiger partial charge is 0.481 e. The zero-order chi connectivity index (χ0) is 12.8. The van der Waals surface area contributed by atoms with Crippen molar-refractivity contribution in [3.05, 3.63) is 34.3 Å². The van der Waals surface area contributed by atoms with Crippen molar-refractivity contribution >= 4 is 21.9 Å². The molecule has 1 aromatic rings. The van der Waals surface area contributed by atoms with Gasteiger partial charge in [-0.3, -0.25) is 4.79 Å². The molecular formula is C13H17BrO3. The molecule has 2 atom stereocenters. The zero-order valence-electron chi connectivity index (χ0n) is 10.0. The van der Waals surface area contributed by atoms with Crippen LogP contribution in [0.2, 0.25) is 0 Å². The zero-order valence-corrected chi connectivity index (χ0v) is 11.6. The molecule has 0 heterocycles. The van der Waals surface area contributed by atoms with Crippen molar-refractivity contribution in [1.82, 2.24) is 0 Å². The molecule has 0 aliphatic heterocycles. The highest BCUT2D eigenvalue weighted by molar-refractivity contribution is 9.10. The van der Waals surface area contributed by atoms with Crippen LogP contribution >= 0.6 is 15.9 Å². The van der Waals surface area contributed by atoms with Crippen molar-refractivity contribution in [2.45, 2.75) is 13.3 Å². The Labute approximate surface area is 110 Å². The van der Waals surface area contributed by atoms with Crippen molar-refractivity contribution in [3.8, 4) is 0 Å². The molecule has 0 fully saturated rings. The van der Waals surface area contributed by atoms with Gasteiger partial charge in [-0.15, -0.1) is 0 Å². The lowest BCUT2D eigenvalue weighted by atomic mass is 9.88. The first kappa shape index (κ1) is 14.2. The lowest BCUT2D eigenvalue weighted by molar-refractivity contribution is -0.144. The average molecular weight is 301 g/mol. The maximum absolute atomic E-state index is 11.2. The first-order valence-electron chi connectivity index (χ1n) is 5.50. The quantitative estimate of drug-likeness (QED) is 0.878. The van der Waals surface area contributed by atoms with Crippen molar-refractivity contribution < 1.29 is 14.6 Å². The fraction of sp³-hybridized carbons (Fsp3) is 0.462. The number of hydrogen-bond donors (Lipinski definition) is 1. The monoisotopic (exact) mass is 300 g/mol. The highest BCUT2D eigenvalue weighted by Crippen LogP contribution is 2.20. The molecule has 0 aromatic heterocycles. The van der Waals surface area contributed by atoms with Crippen LogP contribution in [0.15, 0.2) is 28.7 Å². The molecule has 1 rings (SSSR count). The van der Waals surface area contributed by atoms with E-state index in [0.717, 1.165) is 10.0 Å². The van der Waals surface area contributed by atoms with E-state index in [1.807, 2.05) is 31.2 Å². The van der Waals surface area contributed by atoms with Gasteiger partial charge in [0.05, 0.1) is 5.92 Å². The third-order valence-corrected chi connectivity index (χ3v) is 3.27. The van der Waals surface area contributed by atoms with E-state index in [9.17, 15) is 9.90 Å². The van der Waals surface area contributed by atoms with E-state index in [0.29, 0.717) is 13.0 Å². The summed E-state index contributed by atoms with van der Waals surface area (Å²) in [6.45, 7) is 2.37. The maximum atomic E-state index is 11.2. The smallest absolute Gasteiger partial charge is 0.307 e. The van der Waals surface area contributed by atoms with Gasteiger partial charge in [-0.25, -0.2) is 0 Å². The normalized spacial score (nSPS) is 14.3. The van der Waals surface area contributed by atoms with Crippen LogP contribution < -0.4 is 0 Å².